The first-order chi connectivity index (χ1) is 10.6. The van der Waals surface area contributed by atoms with E-state index in [2.05, 4.69) is 30.9 Å². The highest BCUT2D eigenvalue weighted by Crippen LogP contribution is 2.23. The van der Waals surface area contributed by atoms with E-state index >= 15 is 0 Å². The molecule has 0 aromatic heterocycles. The number of likely N-dealkylation sites (tertiary alicyclic amines) is 1. The van der Waals surface area contributed by atoms with Crippen molar-refractivity contribution in [3.8, 4) is 0 Å². The standard InChI is InChI=1S/C18H29N3O/c1-15-8-9-16(2)21(15)14-18(22)20(13-11-19)12-10-17-6-4-3-5-7-17/h3-7,15-16H,8-14,19H2,1-2H3. The Morgan fingerprint density at radius 2 is 1.82 bits per heavy atom. The minimum atomic E-state index is 0.210. The summed E-state index contributed by atoms with van der Waals surface area (Å²) in [5.41, 5.74) is 6.96. The van der Waals surface area contributed by atoms with E-state index in [9.17, 15) is 4.79 Å². The van der Waals surface area contributed by atoms with Crippen LogP contribution in [-0.4, -0.2) is 54.0 Å². The van der Waals surface area contributed by atoms with Gasteiger partial charge in [0, 0.05) is 31.7 Å². The third-order valence-corrected chi connectivity index (χ3v) is 4.72. The van der Waals surface area contributed by atoms with Gasteiger partial charge >= 0.3 is 0 Å². The lowest BCUT2D eigenvalue weighted by Crippen LogP contribution is -2.46. The summed E-state index contributed by atoms with van der Waals surface area (Å²) in [6, 6.07) is 11.3. The van der Waals surface area contributed by atoms with Crippen molar-refractivity contribution < 1.29 is 4.79 Å². The zero-order chi connectivity index (χ0) is 15.9. The second-order valence-corrected chi connectivity index (χ2v) is 6.35. The van der Waals surface area contributed by atoms with Crippen LogP contribution in [0.2, 0.25) is 0 Å². The van der Waals surface area contributed by atoms with Gasteiger partial charge in [0.2, 0.25) is 5.91 Å². The average molecular weight is 303 g/mol. The molecule has 1 amide bonds. The molecule has 0 bridgehead atoms. The molecule has 2 unspecified atom stereocenters. The topological polar surface area (TPSA) is 49.6 Å². The fourth-order valence-electron chi connectivity index (χ4n) is 3.24. The van der Waals surface area contributed by atoms with E-state index in [1.807, 2.05) is 23.1 Å². The number of carbonyl (C=O) groups excluding carboxylic acids is 1. The first-order valence-corrected chi connectivity index (χ1v) is 8.39. The number of nitrogens with two attached hydrogens (primary N) is 1. The molecular formula is C18H29N3O. The molecular weight excluding hydrogens is 274 g/mol. The Labute approximate surface area is 134 Å². The summed E-state index contributed by atoms with van der Waals surface area (Å²) in [5, 5.41) is 0. The molecule has 2 N–H and O–H groups in total. The van der Waals surface area contributed by atoms with Gasteiger partial charge < -0.3 is 10.6 Å². The van der Waals surface area contributed by atoms with Crippen molar-refractivity contribution in [2.75, 3.05) is 26.2 Å². The molecule has 1 aliphatic rings. The largest absolute Gasteiger partial charge is 0.340 e. The predicted molar refractivity (Wildman–Crippen MR) is 90.6 cm³/mol. The Morgan fingerprint density at radius 3 is 2.41 bits per heavy atom. The van der Waals surface area contributed by atoms with Crippen LogP contribution in [0.4, 0.5) is 0 Å². The summed E-state index contributed by atoms with van der Waals surface area (Å²) >= 11 is 0. The number of benzene rings is 1. The van der Waals surface area contributed by atoms with E-state index in [0.29, 0.717) is 31.7 Å². The third kappa shape index (κ3) is 4.55. The van der Waals surface area contributed by atoms with Gasteiger partial charge in [-0.1, -0.05) is 30.3 Å². The molecule has 0 spiro atoms. The smallest absolute Gasteiger partial charge is 0.236 e. The summed E-state index contributed by atoms with van der Waals surface area (Å²) in [6.45, 7) is 6.86. The maximum absolute atomic E-state index is 12.6. The first-order valence-electron chi connectivity index (χ1n) is 8.39. The number of hydrogen-bond donors (Lipinski definition) is 1. The van der Waals surface area contributed by atoms with Crippen LogP contribution in [0.1, 0.15) is 32.3 Å². The Balaban J connectivity index is 1.90. The van der Waals surface area contributed by atoms with Crippen LogP contribution in [-0.2, 0) is 11.2 Å². The van der Waals surface area contributed by atoms with Crippen molar-refractivity contribution in [1.29, 1.82) is 0 Å². The van der Waals surface area contributed by atoms with Gasteiger partial charge in [0.05, 0.1) is 6.54 Å². The summed E-state index contributed by atoms with van der Waals surface area (Å²) in [7, 11) is 0. The molecule has 2 atom stereocenters. The number of carbonyl (C=O) groups is 1. The minimum absolute atomic E-state index is 0.210. The van der Waals surface area contributed by atoms with Crippen molar-refractivity contribution in [1.82, 2.24) is 9.80 Å². The first kappa shape index (κ1) is 17.0. The molecule has 1 aliphatic heterocycles. The van der Waals surface area contributed by atoms with E-state index in [1.165, 1.54) is 18.4 Å². The molecule has 4 nitrogen and oxygen atoms in total. The Morgan fingerprint density at radius 1 is 1.18 bits per heavy atom. The molecule has 22 heavy (non-hydrogen) atoms. The van der Waals surface area contributed by atoms with E-state index < -0.39 is 0 Å². The van der Waals surface area contributed by atoms with Crippen LogP contribution in [0.15, 0.2) is 30.3 Å². The number of hydrogen-bond acceptors (Lipinski definition) is 3. The molecule has 0 radical (unpaired) electrons. The molecule has 2 rings (SSSR count). The molecule has 0 saturated carbocycles. The van der Waals surface area contributed by atoms with Gasteiger partial charge in [-0.2, -0.15) is 0 Å². The molecule has 1 aromatic rings. The molecule has 0 aliphatic carbocycles. The number of nitrogens with zero attached hydrogens (tertiary/aromatic N) is 2. The Bertz CT molecular complexity index is 453. The molecule has 1 aromatic carbocycles. The van der Waals surface area contributed by atoms with Gasteiger partial charge in [0.15, 0.2) is 0 Å². The van der Waals surface area contributed by atoms with Crippen LogP contribution in [0.5, 0.6) is 0 Å². The zero-order valence-electron chi connectivity index (χ0n) is 13.9. The monoisotopic (exact) mass is 303 g/mol. The summed E-state index contributed by atoms with van der Waals surface area (Å²) in [6.07, 6.45) is 3.27. The summed E-state index contributed by atoms with van der Waals surface area (Å²) in [4.78, 5) is 16.9. The van der Waals surface area contributed by atoms with Crippen LogP contribution in [0.3, 0.4) is 0 Å². The SMILES string of the molecule is CC1CCC(C)N1CC(=O)N(CCN)CCc1ccccc1. The Kier molecular flexibility index (Phi) is 6.40. The van der Waals surface area contributed by atoms with E-state index in [4.69, 9.17) is 5.73 Å². The predicted octanol–water partition coefficient (Wildman–Crippen LogP) is 1.89. The minimum Gasteiger partial charge on any atom is -0.340 e. The Hall–Kier alpha value is -1.39. The van der Waals surface area contributed by atoms with Crippen LogP contribution >= 0.6 is 0 Å². The molecule has 4 heteroatoms. The van der Waals surface area contributed by atoms with E-state index in [0.717, 1.165) is 13.0 Å². The highest BCUT2D eigenvalue weighted by atomic mass is 16.2. The average Bonchev–Trinajstić information content (AvgIpc) is 2.84. The zero-order valence-corrected chi connectivity index (χ0v) is 13.9. The van der Waals surface area contributed by atoms with Gasteiger partial charge in [-0.05, 0) is 38.7 Å². The third-order valence-electron chi connectivity index (χ3n) is 4.72. The summed E-state index contributed by atoms with van der Waals surface area (Å²) in [5.74, 6) is 0.210. The van der Waals surface area contributed by atoms with E-state index in [-0.39, 0.29) is 5.91 Å². The van der Waals surface area contributed by atoms with E-state index in [1.54, 1.807) is 0 Å². The number of rotatable bonds is 7. The quantitative estimate of drug-likeness (QED) is 0.837. The van der Waals surface area contributed by atoms with Crippen molar-refractivity contribution in [3.63, 3.8) is 0 Å². The second-order valence-electron chi connectivity index (χ2n) is 6.35. The van der Waals surface area contributed by atoms with Crippen LogP contribution in [0.25, 0.3) is 0 Å². The van der Waals surface area contributed by atoms with Crippen molar-refractivity contribution in [2.24, 2.45) is 5.73 Å². The summed E-state index contributed by atoms with van der Waals surface area (Å²) < 4.78 is 0. The molecule has 122 valence electrons. The fourth-order valence-corrected chi connectivity index (χ4v) is 3.24. The lowest BCUT2D eigenvalue weighted by atomic mass is 10.1. The highest BCUT2D eigenvalue weighted by molar-refractivity contribution is 5.78. The van der Waals surface area contributed by atoms with Crippen molar-refractivity contribution in [2.45, 2.75) is 45.2 Å². The van der Waals surface area contributed by atoms with Gasteiger partial charge in [-0.25, -0.2) is 0 Å². The lowest BCUT2D eigenvalue weighted by Gasteiger charge is -2.29. The second kappa shape index (κ2) is 8.30. The van der Waals surface area contributed by atoms with Crippen LogP contribution in [0, 0.1) is 0 Å². The van der Waals surface area contributed by atoms with Crippen molar-refractivity contribution >= 4 is 5.91 Å². The molecule has 1 fully saturated rings. The maximum Gasteiger partial charge on any atom is 0.236 e. The van der Waals surface area contributed by atoms with Gasteiger partial charge in [-0.3, -0.25) is 9.69 Å². The normalized spacial score (nSPS) is 22.0. The fraction of sp³-hybridized carbons (Fsp3) is 0.611. The number of amides is 1. The lowest BCUT2D eigenvalue weighted by molar-refractivity contribution is -0.133. The van der Waals surface area contributed by atoms with Gasteiger partial charge in [0.25, 0.3) is 0 Å². The van der Waals surface area contributed by atoms with Gasteiger partial charge in [0.1, 0.15) is 0 Å². The highest BCUT2D eigenvalue weighted by Gasteiger charge is 2.29. The van der Waals surface area contributed by atoms with Crippen LogP contribution < -0.4 is 5.73 Å². The van der Waals surface area contributed by atoms with Gasteiger partial charge in [-0.15, -0.1) is 0 Å². The molecule has 1 heterocycles. The maximum atomic E-state index is 12.6. The van der Waals surface area contributed by atoms with Crippen molar-refractivity contribution in [3.05, 3.63) is 35.9 Å². The molecule has 1 saturated heterocycles.